The van der Waals surface area contributed by atoms with E-state index in [0.717, 1.165) is 0 Å². The second-order valence-electron chi connectivity index (χ2n) is 2.33. The summed E-state index contributed by atoms with van der Waals surface area (Å²) in [5.41, 5.74) is 5.20. The zero-order chi connectivity index (χ0) is 9.56. The molecule has 0 aromatic carbocycles. The van der Waals surface area contributed by atoms with Crippen LogP contribution in [0.2, 0.25) is 0 Å². The van der Waals surface area contributed by atoms with Crippen LogP contribution in [0.15, 0.2) is 12.7 Å². The summed E-state index contributed by atoms with van der Waals surface area (Å²) >= 11 is 0. The molecule has 2 atom stereocenters. The van der Waals surface area contributed by atoms with E-state index in [0.29, 0.717) is 11.5 Å². The van der Waals surface area contributed by atoms with Crippen LogP contribution in [0.4, 0.5) is 0 Å². The van der Waals surface area contributed by atoms with Crippen molar-refractivity contribution in [2.45, 2.75) is 12.5 Å². The Morgan fingerprint density at radius 3 is 2.75 bits per heavy atom. The summed E-state index contributed by atoms with van der Waals surface area (Å²) in [6.45, 7) is 3.42. The van der Waals surface area contributed by atoms with Crippen molar-refractivity contribution in [3.63, 3.8) is 0 Å². The van der Waals surface area contributed by atoms with Crippen molar-refractivity contribution in [3.05, 3.63) is 12.7 Å². The molecular formula is C7H13NO3S. The number of carboxylic acids is 1. The molecule has 0 aliphatic rings. The van der Waals surface area contributed by atoms with Gasteiger partial charge in [-0.2, -0.15) is 0 Å². The predicted octanol–water partition coefficient (Wildman–Crippen LogP) is -0.277. The van der Waals surface area contributed by atoms with E-state index in [1.165, 1.54) is 0 Å². The van der Waals surface area contributed by atoms with Gasteiger partial charge in [0.2, 0.25) is 0 Å². The number of carbonyl (C=O) groups is 1. The lowest BCUT2D eigenvalue weighted by atomic mass is 10.2. The van der Waals surface area contributed by atoms with Crippen LogP contribution in [0.1, 0.15) is 6.42 Å². The van der Waals surface area contributed by atoms with Crippen molar-refractivity contribution in [2.24, 2.45) is 5.73 Å². The van der Waals surface area contributed by atoms with Crippen molar-refractivity contribution < 1.29 is 14.1 Å². The minimum atomic E-state index is -1.05. The zero-order valence-corrected chi connectivity index (χ0v) is 7.55. The number of hydrogen-bond donors (Lipinski definition) is 2. The van der Waals surface area contributed by atoms with Crippen LogP contribution in [-0.2, 0) is 15.6 Å². The van der Waals surface area contributed by atoms with Crippen molar-refractivity contribution in [1.82, 2.24) is 0 Å². The fraction of sp³-hybridized carbons (Fsp3) is 0.571. The van der Waals surface area contributed by atoms with Crippen LogP contribution in [0.25, 0.3) is 0 Å². The number of carboxylic acid groups (broad SMARTS) is 1. The van der Waals surface area contributed by atoms with Gasteiger partial charge in [0.15, 0.2) is 0 Å². The molecule has 5 heteroatoms. The second-order valence-corrected chi connectivity index (χ2v) is 3.95. The highest BCUT2D eigenvalue weighted by atomic mass is 32.2. The predicted molar refractivity (Wildman–Crippen MR) is 48.3 cm³/mol. The van der Waals surface area contributed by atoms with Gasteiger partial charge < -0.3 is 10.8 Å². The first-order valence-corrected chi connectivity index (χ1v) is 5.01. The molecule has 70 valence electrons. The summed E-state index contributed by atoms with van der Waals surface area (Å²) in [6.07, 6.45) is 1.79. The van der Waals surface area contributed by atoms with Crippen LogP contribution in [0.3, 0.4) is 0 Å². The fourth-order valence-electron chi connectivity index (χ4n) is 0.597. The Morgan fingerprint density at radius 1 is 1.75 bits per heavy atom. The van der Waals surface area contributed by atoms with E-state index in [2.05, 4.69) is 6.58 Å². The number of nitrogens with two attached hydrogens (primary N) is 1. The Morgan fingerprint density at radius 2 is 2.33 bits per heavy atom. The second kappa shape index (κ2) is 5.91. The van der Waals surface area contributed by atoms with Crippen LogP contribution < -0.4 is 5.73 Å². The zero-order valence-electron chi connectivity index (χ0n) is 6.73. The Hall–Kier alpha value is -0.680. The Kier molecular flexibility index (Phi) is 5.57. The molecule has 0 rings (SSSR count). The number of hydrogen-bond acceptors (Lipinski definition) is 3. The molecule has 0 spiro atoms. The average Bonchev–Trinajstić information content (AvgIpc) is 2.00. The van der Waals surface area contributed by atoms with Gasteiger partial charge in [-0.15, -0.1) is 6.58 Å². The smallest absolute Gasteiger partial charge is 0.320 e. The lowest BCUT2D eigenvalue weighted by Crippen LogP contribution is -2.31. The summed E-state index contributed by atoms with van der Waals surface area (Å²) in [4.78, 5) is 10.2. The maximum absolute atomic E-state index is 11.0. The largest absolute Gasteiger partial charge is 0.480 e. The maximum atomic E-state index is 11.0. The minimum Gasteiger partial charge on any atom is -0.480 e. The third-order valence-electron chi connectivity index (χ3n) is 1.28. The Bertz CT molecular complexity index is 193. The van der Waals surface area contributed by atoms with Gasteiger partial charge in [0.1, 0.15) is 6.04 Å². The molecule has 0 fully saturated rings. The first kappa shape index (κ1) is 11.3. The molecule has 4 nitrogen and oxygen atoms in total. The Balaban J connectivity index is 3.60. The van der Waals surface area contributed by atoms with Crippen LogP contribution in [0.5, 0.6) is 0 Å². The van der Waals surface area contributed by atoms with Crippen molar-refractivity contribution in [2.75, 3.05) is 11.5 Å². The molecule has 0 aromatic heterocycles. The lowest BCUT2D eigenvalue weighted by Gasteiger charge is -2.04. The quantitative estimate of drug-likeness (QED) is 0.566. The number of rotatable bonds is 6. The van der Waals surface area contributed by atoms with Crippen molar-refractivity contribution >= 4 is 16.8 Å². The lowest BCUT2D eigenvalue weighted by molar-refractivity contribution is -0.138. The summed E-state index contributed by atoms with van der Waals surface area (Å²) in [5.74, 6) is -0.336. The third-order valence-corrected chi connectivity index (χ3v) is 2.58. The van der Waals surface area contributed by atoms with Gasteiger partial charge in [-0.3, -0.25) is 9.00 Å². The molecule has 0 aliphatic heterocycles. The van der Waals surface area contributed by atoms with Crippen molar-refractivity contribution in [3.8, 4) is 0 Å². The Labute approximate surface area is 73.9 Å². The molecule has 3 N–H and O–H groups in total. The minimum absolute atomic E-state index is 0.246. The molecular weight excluding hydrogens is 178 g/mol. The van der Waals surface area contributed by atoms with E-state index in [1.54, 1.807) is 6.08 Å². The molecule has 0 saturated carbocycles. The standard InChI is InChI=1S/C7H13NO3S/c1-2-4-12(11)5-3-6(8)7(9)10/h2,6H,1,3-5,8H2,(H,9,10)/t6-,12+/m1/s1. The average molecular weight is 191 g/mol. The fourth-order valence-corrected chi connectivity index (χ4v) is 1.54. The van der Waals surface area contributed by atoms with Gasteiger partial charge in [0, 0.05) is 22.3 Å². The van der Waals surface area contributed by atoms with E-state index in [1.807, 2.05) is 0 Å². The van der Waals surface area contributed by atoms with Gasteiger partial charge in [0.25, 0.3) is 0 Å². The van der Waals surface area contributed by atoms with Gasteiger partial charge >= 0.3 is 5.97 Å². The monoisotopic (exact) mass is 191 g/mol. The summed E-state index contributed by atoms with van der Waals surface area (Å²) in [5, 5.41) is 8.38. The first-order chi connectivity index (χ1) is 5.57. The molecule has 0 aromatic rings. The first-order valence-electron chi connectivity index (χ1n) is 3.52. The normalized spacial score (nSPS) is 15.1. The van der Waals surface area contributed by atoms with E-state index in [4.69, 9.17) is 10.8 Å². The molecule has 0 aliphatic carbocycles. The van der Waals surface area contributed by atoms with Crippen molar-refractivity contribution in [1.29, 1.82) is 0 Å². The van der Waals surface area contributed by atoms with E-state index in [-0.39, 0.29) is 6.42 Å². The molecule has 0 unspecified atom stereocenters. The highest BCUT2D eigenvalue weighted by Crippen LogP contribution is 1.93. The van der Waals surface area contributed by atoms with E-state index >= 15 is 0 Å². The van der Waals surface area contributed by atoms with E-state index < -0.39 is 22.8 Å². The van der Waals surface area contributed by atoms with Gasteiger partial charge in [-0.05, 0) is 6.42 Å². The topological polar surface area (TPSA) is 80.4 Å². The van der Waals surface area contributed by atoms with Gasteiger partial charge in [-0.25, -0.2) is 0 Å². The molecule has 0 saturated heterocycles. The highest BCUT2D eigenvalue weighted by Gasteiger charge is 2.11. The molecule has 0 heterocycles. The molecule has 12 heavy (non-hydrogen) atoms. The molecule has 0 bridgehead atoms. The van der Waals surface area contributed by atoms with Crippen LogP contribution >= 0.6 is 0 Å². The molecule has 0 amide bonds. The third kappa shape index (κ3) is 5.03. The van der Waals surface area contributed by atoms with Crippen LogP contribution in [0, 0.1) is 0 Å². The maximum Gasteiger partial charge on any atom is 0.320 e. The SMILES string of the molecule is C=CC[S@](=O)CC[C@@H](N)C(=O)O. The highest BCUT2D eigenvalue weighted by molar-refractivity contribution is 7.85. The van der Waals surface area contributed by atoms with Gasteiger partial charge in [-0.1, -0.05) is 6.08 Å². The molecule has 0 radical (unpaired) electrons. The summed E-state index contributed by atoms with van der Waals surface area (Å²) in [6, 6.07) is -0.904. The van der Waals surface area contributed by atoms with E-state index in [9.17, 15) is 9.00 Å². The summed E-state index contributed by atoms with van der Waals surface area (Å²) < 4.78 is 11.0. The van der Waals surface area contributed by atoms with Gasteiger partial charge in [0.05, 0.1) is 0 Å². The number of aliphatic carboxylic acids is 1. The summed E-state index contributed by atoms with van der Waals surface area (Å²) in [7, 11) is -1.02. The van der Waals surface area contributed by atoms with Crippen LogP contribution in [-0.4, -0.2) is 32.8 Å².